The number of hydrogen-bond donors (Lipinski definition) is 1. The van der Waals surface area contributed by atoms with Gasteiger partial charge in [-0.1, -0.05) is 137 Å². The number of fused-ring (bicyclic) bond motifs is 9. The van der Waals surface area contributed by atoms with E-state index in [-0.39, 0.29) is 10.8 Å². The molecule has 0 bridgehead atoms. The third-order valence-corrected chi connectivity index (χ3v) is 10.5. The molecule has 0 amide bonds. The highest BCUT2D eigenvalue weighted by molar-refractivity contribution is 6.24. The van der Waals surface area contributed by atoms with Crippen LogP contribution < -0.4 is 0 Å². The molecule has 3 nitrogen and oxygen atoms in total. The lowest BCUT2D eigenvalue weighted by molar-refractivity contribution is 0.301. The second-order valence-corrected chi connectivity index (χ2v) is 13.2. The number of aliphatic imine (C=N–C) groups is 1. The first-order valence-corrected chi connectivity index (χ1v) is 15.7. The highest BCUT2D eigenvalue weighted by atomic mass is 15.0. The molecule has 0 radical (unpaired) electrons. The van der Waals surface area contributed by atoms with Gasteiger partial charge in [0.25, 0.3) is 0 Å². The summed E-state index contributed by atoms with van der Waals surface area (Å²) in [6, 6.07) is 44.5. The van der Waals surface area contributed by atoms with Gasteiger partial charge in [0.2, 0.25) is 0 Å². The normalized spacial score (nSPS) is 15.0. The number of aromatic nitrogens is 1. The van der Waals surface area contributed by atoms with Gasteiger partial charge in [-0.15, -0.1) is 0 Å². The Bertz CT molecular complexity index is 2330. The quantitative estimate of drug-likeness (QED) is 0.159. The van der Waals surface area contributed by atoms with E-state index >= 15 is 0 Å². The molecule has 0 unspecified atom stereocenters. The molecule has 218 valence electrons. The maximum atomic E-state index is 8.98. The summed E-state index contributed by atoms with van der Waals surface area (Å²) in [6.45, 7) is 9.61. The van der Waals surface area contributed by atoms with Crippen LogP contribution in [-0.2, 0) is 10.8 Å². The van der Waals surface area contributed by atoms with Gasteiger partial charge < -0.3 is 0 Å². The third kappa shape index (κ3) is 3.90. The smallest absolute Gasteiger partial charge is 0.100 e. The minimum absolute atomic E-state index is 0.0886. The van der Waals surface area contributed by atoms with Gasteiger partial charge in [0.05, 0.1) is 22.4 Å². The summed E-state index contributed by atoms with van der Waals surface area (Å²) in [5, 5.41) is 14.0. The summed E-state index contributed by atoms with van der Waals surface area (Å²) < 4.78 is 2.25. The lowest BCUT2D eigenvalue weighted by Gasteiger charge is -2.48. The maximum absolute atomic E-state index is 8.98. The second kappa shape index (κ2) is 9.87. The van der Waals surface area contributed by atoms with Crippen LogP contribution in [0.15, 0.2) is 132 Å². The average Bonchev–Trinajstić information content (AvgIpc) is 3.40. The van der Waals surface area contributed by atoms with Gasteiger partial charge >= 0.3 is 0 Å². The molecule has 0 atom stereocenters. The molecular weight excluding hydrogens is 546 g/mol. The topological polar surface area (TPSA) is 41.1 Å². The Morgan fingerprint density at radius 3 is 2.13 bits per heavy atom. The molecule has 7 aromatic rings. The summed E-state index contributed by atoms with van der Waals surface area (Å²) >= 11 is 0. The largest absolute Gasteiger partial charge is 0.300 e. The highest BCUT2D eigenvalue weighted by Gasteiger charge is 2.47. The summed E-state index contributed by atoms with van der Waals surface area (Å²) in [5.74, 6) is 0. The molecule has 1 aromatic heterocycles. The van der Waals surface area contributed by atoms with E-state index in [4.69, 9.17) is 10.4 Å². The molecule has 3 heteroatoms. The first-order chi connectivity index (χ1) is 21.8. The zero-order chi connectivity index (χ0) is 30.9. The predicted molar refractivity (Wildman–Crippen MR) is 191 cm³/mol. The monoisotopic (exact) mass is 581 g/mol. The molecule has 0 aliphatic heterocycles. The van der Waals surface area contributed by atoms with Gasteiger partial charge in [-0.25, -0.2) is 4.99 Å². The molecule has 0 saturated heterocycles. The Kier molecular flexibility index (Phi) is 5.98. The fraction of sp³-hybridized carbons (Fsp3) is 0.143. The van der Waals surface area contributed by atoms with E-state index in [2.05, 4.69) is 105 Å². The van der Waals surface area contributed by atoms with E-state index in [1.165, 1.54) is 43.8 Å². The van der Waals surface area contributed by atoms with Crippen LogP contribution in [0.4, 0.5) is 5.69 Å². The number of para-hydroxylation sites is 1. The lowest BCUT2D eigenvalue weighted by Crippen LogP contribution is -2.43. The number of benzene rings is 6. The lowest BCUT2D eigenvalue weighted by atomic mass is 9.55. The van der Waals surface area contributed by atoms with Crippen LogP contribution in [0.5, 0.6) is 0 Å². The van der Waals surface area contributed by atoms with Crippen LogP contribution in [0.2, 0.25) is 0 Å². The van der Waals surface area contributed by atoms with Crippen molar-refractivity contribution < 1.29 is 0 Å². The van der Waals surface area contributed by atoms with Crippen molar-refractivity contribution in [3.63, 3.8) is 0 Å². The molecule has 6 aromatic carbocycles. The van der Waals surface area contributed by atoms with Crippen molar-refractivity contribution in [1.82, 2.24) is 4.57 Å². The van der Waals surface area contributed by atoms with Crippen LogP contribution in [0.25, 0.3) is 43.7 Å². The molecule has 1 aliphatic rings. The van der Waals surface area contributed by atoms with Gasteiger partial charge in [-0.05, 0) is 56.6 Å². The van der Waals surface area contributed by atoms with Gasteiger partial charge in [-0.2, -0.15) is 0 Å². The molecule has 0 spiro atoms. The predicted octanol–water partition coefficient (Wildman–Crippen LogP) is 10.8. The molecule has 45 heavy (non-hydrogen) atoms. The average molecular weight is 582 g/mol. The number of nitrogens with one attached hydrogen (secondary N) is 1. The van der Waals surface area contributed by atoms with Crippen molar-refractivity contribution >= 4 is 50.3 Å². The summed E-state index contributed by atoms with van der Waals surface area (Å²) in [5.41, 5.74) is 10.4. The zero-order valence-electron chi connectivity index (χ0n) is 26.1. The van der Waals surface area contributed by atoms with Crippen LogP contribution in [-0.4, -0.2) is 16.6 Å². The standard InChI is InChI=1S/C42H35N3/c1-41(2)33-20-12-10-18-30(33)31-23-25-36-38(39(31)42(41,3)4)37-29-17-9-8-14-27(29)22-24-35(37)45(36)26-44-34-21-13-11-19-32(34)40(43)28-15-6-5-7-16-28/h5-26,43H,1-4H3. The molecule has 0 fully saturated rings. The fourth-order valence-electron chi connectivity index (χ4n) is 7.49. The molecule has 0 saturated carbocycles. The Hall–Kier alpha value is -5.28. The minimum atomic E-state index is -0.152. The van der Waals surface area contributed by atoms with Crippen LogP contribution >= 0.6 is 0 Å². The zero-order valence-corrected chi connectivity index (χ0v) is 26.1. The Morgan fingerprint density at radius 1 is 0.622 bits per heavy atom. The Labute approximate surface area is 264 Å². The number of nitrogens with zero attached hydrogens (tertiary/aromatic N) is 2. The maximum Gasteiger partial charge on any atom is 0.100 e. The molecular formula is C42H35N3. The Morgan fingerprint density at radius 2 is 1.29 bits per heavy atom. The summed E-state index contributed by atoms with van der Waals surface area (Å²) in [4.78, 5) is 5.09. The van der Waals surface area contributed by atoms with Crippen molar-refractivity contribution in [2.75, 3.05) is 0 Å². The van der Waals surface area contributed by atoms with E-state index in [0.717, 1.165) is 27.8 Å². The van der Waals surface area contributed by atoms with Gasteiger partial charge in [0.15, 0.2) is 0 Å². The van der Waals surface area contributed by atoms with E-state index in [9.17, 15) is 0 Å². The highest BCUT2D eigenvalue weighted by Crippen LogP contribution is 2.56. The number of hydrogen-bond acceptors (Lipinski definition) is 2. The van der Waals surface area contributed by atoms with Crippen LogP contribution in [0.3, 0.4) is 0 Å². The minimum Gasteiger partial charge on any atom is -0.300 e. The molecule has 1 N–H and O–H groups in total. The van der Waals surface area contributed by atoms with E-state index < -0.39 is 0 Å². The van der Waals surface area contributed by atoms with E-state index in [1.54, 1.807) is 0 Å². The van der Waals surface area contributed by atoms with Crippen molar-refractivity contribution in [1.29, 1.82) is 5.41 Å². The second-order valence-electron chi connectivity index (χ2n) is 13.2. The summed E-state index contributed by atoms with van der Waals surface area (Å²) in [7, 11) is 0. The fourth-order valence-corrected chi connectivity index (χ4v) is 7.49. The molecule has 1 heterocycles. The SMILES string of the molecule is CC1(C)c2ccccc2-c2ccc3c(c2C1(C)C)c1c2ccccc2ccc1n3C=Nc1ccccc1C(=N)c1ccccc1. The first-order valence-electron chi connectivity index (χ1n) is 15.7. The number of rotatable bonds is 4. The first kappa shape index (κ1) is 27.3. The van der Waals surface area contributed by atoms with E-state index in [0.29, 0.717) is 5.71 Å². The van der Waals surface area contributed by atoms with Crippen molar-refractivity contribution in [2.24, 2.45) is 4.99 Å². The van der Waals surface area contributed by atoms with Crippen molar-refractivity contribution in [2.45, 2.75) is 38.5 Å². The van der Waals surface area contributed by atoms with Crippen molar-refractivity contribution in [3.05, 3.63) is 150 Å². The third-order valence-electron chi connectivity index (χ3n) is 10.5. The summed E-state index contributed by atoms with van der Waals surface area (Å²) in [6.07, 6.45) is 1.96. The van der Waals surface area contributed by atoms with Gasteiger partial charge in [0, 0.05) is 27.3 Å². The van der Waals surface area contributed by atoms with Gasteiger partial charge in [-0.3, -0.25) is 9.98 Å². The van der Waals surface area contributed by atoms with E-state index in [1.807, 2.05) is 60.9 Å². The van der Waals surface area contributed by atoms with Gasteiger partial charge in [0.1, 0.15) is 6.34 Å². The van der Waals surface area contributed by atoms with Crippen LogP contribution in [0.1, 0.15) is 49.9 Å². The Balaban J connectivity index is 1.43. The van der Waals surface area contributed by atoms with Crippen molar-refractivity contribution in [3.8, 4) is 11.1 Å². The van der Waals surface area contributed by atoms with Crippen LogP contribution in [0, 0.1) is 5.41 Å². The molecule has 8 rings (SSSR count). The molecule has 1 aliphatic carbocycles.